The minimum Gasteiger partial charge on any atom is -0.385 e. The molecule has 0 heterocycles. The van der Waals surface area contributed by atoms with Crippen molar-refractivity contribution in [1.82, 2.24) is 15.4 Å². The summed E-state index contributed by atoms with van der Waals surface area (Å²) >= 11 is 0. The Bertz CT molecular complexity index is 772. The summed E-state index contributed by atoms with van der Waals surface area (Å²) in [4.78, 5) is 4.70. The summed E-state index contributed by atoms with van der Waals surface area (Å²) in [5.74, 6) is 0.802. The molecule has 30 heavy (non-hydrogen) atoms. The van der Waals surface area contributed by atoms with E-state index in [1.807, 2.05) is 38.1 Å². The van der Waals surface area contributed by atoms with Crippen LogP contribution in [0, 0.1) is 5.41 Å². The Kier molecular flexibility index (Phi) is 9.58. The quantitative estimate of drug-likeness (QED) is 0.345. The Morgan fingerprint density at radius 2 is 1.83 bits per heavy atom. The second-order valence-electron chi connectivity index (χ2n) is 8.49. The fourth-order valence-electron chi connectivity index (χ4n) is 3.65. The first kappa shape index (κ1) is 24.6. The molecule has 0 unspecified atom stereocenters. The molecule has 2 rings (SSSR count). The average Bonchev–Trinajstić information content (AvgIpc) is 2.64. The molecule has 1 saturated carbocycles. The molecule has 1 aliphatic rings. The van der Waals surface area contributed by atoms with Crippen molar-refractivity contribution >= 4 is 16.0 Å². The van der Waals surface area contributed by atoms with E-state index < -0.39 is 10.0 Å². The van der Waals surface area contributed by atoms with Gasteiger partial charge in [-0.25, -0.2) is 18.1 Å². The third-order valence-electron chi connectivity index (χ3n) is 5.44. The van der Waals surface area contributed by atoms with Crippen LogP contribution in [-0.2, 0) is 27.1 Å². The van der Waals surface area contributed by atoms with Gasteiger partial charge < -0.3 is 15.4 Å². The van der Waals surface area contributed by atoms with Gasteiger partial charge in [0.15, 0.2) is 5.96 Å². The lowest BCUT2D eigenvalue weighted by Gasteiger charge is -2.42. The molecule has 0 spiro atoms. The highest BCUT2D eigenvalue weighted by molar-refractivity contribution is 7.88. The van der Waals surface area contributed by atoms with Crippen molar-refractivity contribution in [2.75, 3.05) is 26.8 Å². The van der Waals surface area contributed by atoms with Crippen LogP contribution in [-0.4, -0.2) is 47.2 Å². The van der Waals surface area contributed by atoms with Crippen molar-refractivity contribution in [2.24, 2.45) is 10.4 Å². The van der Waals surface area contributed by atoms with Gasteiger partial charge in [0.05, 0.1) is 12.3 Å². The second kappa shape index (κ2) is 11.7. The molecule has 0 bridgehead atoms. The van der Waals surface area contributed by atoms with E-state index in [2.05, 4.69) is 22.3 Å². The Morgan fingerprint density at radius 3 is 2.37 bits per heavy atom. The maximum atomic E-state index is 12.1. The Labute approximate surface area is 182 Å². The molecule has 0 aliphatic heterocycles. The van der Waals surface area contributed by atoms with Crippen LogP contribution in [0.5, 0.6) is 0 Å². The number of methoxy groups -OCH3 is 1. The zero-order chi connectivity index (χ0) is 22.0. The van der Waals surface area contributed by atoms with Gasteiger partial charge >= 0.3 is 0 Å². The summed E-state index contributed by atoms with van der Waals surface area (Å²) in [6.45, 7) is 8.74. The molecule has 1 fully saturated rings. The molecular formula is C22H38N4O3S. The van der Waals surface area contributed by atoms with Crippen molar-refractivity contribution in [3.63, 3.8) is 0 Å². The molecule has 7 nitrogen and oxygen atoms in total. The molecule has 3 N–H and O–H groups in total. The minimum atomic E-state index is -3.31. The normalized spacial score (nSPS) is 16.4. The zero-order valence-corrected chi connectivity index (χ0v) is 19.6. The fourth-order valence-corrected chi connectivity index (χ4v) is 5.09. The van der Waals surface area contributed by atoms with Crippen molar-refractivity contribution in [2.45, 2.75) is 64.8 Å². The van der Waals surface area contributed by atoms with Gasteiger partial charge in [0, 0.05) is 32.8 Å². The van der Waals surface area contributed by atoms with Gasteiger partial charge in [-0.05, 0) is 56.6 Å². The highest BCUT2D eigenvalue weighted by Gasteiger charge is 2.36. The number of ether oxygens (including phenoxy) is 1. The van der Waals surface area contributed by atoms with E-state index in [0.717, 1.165) is 43.2 Å². The molecule has 0 aromatic heterocycles. The summed E-state index contributed by atoms with van der Waals surface area (Å²) < 4.78 is 32.0. The number of nitrogens with one attached hydrogen (secondary N) is 3. The number of aliphatic imine (C=N–C) groups is 1. The van der Waals surface area contributed by atoms with E-state index in [4.69, 9.17) is 9.73 Å². The van der Waals surface area contributed by atoms with Crippen LogP contribution in [0.15, 0.2) is 29.3 Å². The van der Waals surface area contributed by atoms with E-state index in [0.29, 0.717) is 12.0 Å². The third kappa shape index (κ3) is 8.24. The SMILES string of the molecule is CCNC(=NCc1ccc(CS(=O)(=O)NC(C)C)cc1)NCC1(CCOC)CCC1. The number of guanidine groups is 1. The third-order valence-corrected chi connectivity index (χ3v) is 6.98. The number of sulfonamides is 1. The molecule has 0 atom stereocenters. The molecule has 1 aliphatic carbocycles. The smallest absolute Gasteiger partial charge is 0.216 e. The van der Waals surface area contributed by atoms with Crippen LogP contribution in [0.25, 0.3) is 0 Å². The number of benzene rings is 1. The van der Waals surface area contributed by atoms with Gasteiger partial charge in [0.25, 0.3) is 0 Å². The summed E-state index contributed by atoms with van der Waals surface area (Å²) in [5.41, 5.74) is 2.14. The Hall–Kier alpha value is -1.64. The topological polar surface area (TPSA) is 91.8 Å². The maximum absolute atomic E-state index is 12.1. The van der Waals surface area contributed by atoms with Gasteiger partial charge in [-0.1, -0.05) is 30.7 Å². The summed E-state index contributed by atoms with van der Waals surface area (Å²) in [6.07, 6.45) is 4.83. The molecule has 8 heteroatoms. The summed E-state index contributed by atoms with van der Waals surface area (Å²) in [7, 11) is -1.55. The highest BCUT2D eigenvalue weighted by Crippen LogP contribution is 2.43. The van der Waals surface area contributed by atoms with Crippen LogP contribution in [0.1, 0.15) is 57.6 Å². The number of hydrogen-bond acceptors (Lipinski definition) is 4. The zero-order valence-electron chi connectivity index (χ0n) is 18.8. The second-order valence-corrected chi connectivity index (χ2v) is 10.2. The molecule has 1 aromatic carbocycles. The van der Waals surface area contributed by atoms with Crippen LogP contribution in [0.2, 0.25) is 0 Å². The van der Waals surface area contributed by atoms with Gasteiger partial charge in [-0.2, -0.15) is 0 Å². The molecule has 0 radical (unpaired) electrons. The van der Waals surface area contributed by atoms with Crippen LogP contribution in [0.4, 0.5) is 0 Å². The van der Waals surface area contributed by atoms with E-state index in [1.165, 1.54) is 19.3 Å². The summed E-state index contributed by atoms with van der Waals surface area (Å²) in [6, 6.07) is 7.50. The number of hydrogen-bond donors (Lipinski definition) is 3. The predicted molar refractivity (Wildman–Crippen MR) is 123 cm³/mol. The van der Waals surface area contributed by atoms with Gasteiger partial charge in [-0.15, -0.1) is 0 Å². The molecule has 0 amide bonds. The van der Waals surface area contributed by atoms with Gasteiger partial charge in [0.2, 0.25) is 10.0 Å². The van der Waals surface area contributed by atoms with Crippen LogP contribution in [0.3, 0.4) is 0 Å². The maximum Gasteiger partial charge on any atom is 0.216 e. The van der Waals surface area contributed by atoms with E-state index >= 15 is 0 Å². The summed E-state index contributed by atoms with van der Waals surface area (Å²) in [5, 5.41) is 6.81. The first-order chi connectivity index (χ1) is 14.3. The largest absolute Gasteiger partial charge is 0.385 e. The first-order valence-electron chi connectivity index (χ1n) is 10.9. The van der Waals surface area contributed by atoms with Gasteiger partial charge in [-0.3, -0.25) is 0 Å². The highest BCUT2D eigenvalue weighted by atomic mass is 32.2. The standard InChI is InChI=1S/C22H38N4O3S/c1-5-23-21(25-17-22(11-6-12-22)13-14-29-4)24-15-19-7-9-20(10-8-19)16-30(27,28)26-18(2)3/h7-10,18,26H,5-6,11-17H2,1-4H3,(H2,23,24,25). The van der Waals surface area contributed by atoms with Crippen molar-refractivity contribution in [1.29, 1.82) is 0 Å². The van der Waals surface area contributed by atoms with Crippen molar-refractivity contribution < 1.29 is 13.2 Å². The average molecular weight is 439 g/mol. The van der Waals surface area contributed by atoms with E-state index in [-0.39, 0.29) is 11.8 Å². The fraction of sp³-hybridized carbons (Fsp3) is 0.682. The predicted octanol–water partition coefficient (Wildman–Crippen LogP) is 2.78. The van der Waals surface area contributed by atoms with Crippen LogP contribution < -0.4 is 15.4 Å². The molecule has 1 aromatic rings. The monoisotopic (exact) mass is 438 g/mol. The van der Waals surface area contributed by atoms with E-state index in [1.54, 1.807) is 7.11 Å². The van der Waals surface area contributed by atoms with Crippen molar-refractivity contribution in [3.8, 4) is 0 Å². The Balaban J connectivity index is 1.92. The molecule has 0 saturated heterocycles. The lowest BCUT2D eigenvalue weighted by Crippen LogP contribution is -2.46. The number of rotatable bonds is 12. The minimum absolute atomic E-state index is 0.0114. The first-order valence-corrected chi connectivity index (χ1v) is 12.5. The lowest BCUT2D eigenvalue weighted by atomic mass is 9.67. The van der Waals surface area contributed by atoms with Gasteiger partial charge in [0.1, 0.15) is 0 Å². The molecule has 170 valence electrons. The van der Waals surface area contributed by atoms with Crippen molar-refractivity contribution in [3.05, 3.63) is 35.4 Å². The van der Waals surface area contributed by atoms with Crippen LogP contribution >= 0.6 is 0 Å². The molecular weight excluding hydrogens is 400 g/mol. The van der Waals surface area contributed by atoms with E-state index in [9.17, 15) is 8.42 Å². The Morgan fingerprint density at radius 1 is 1.17 bits per heavy atom. The lowest BCUT2D eigenvalue weighted by molar-refractivity contribution is 0.0732. The number of nitrogens with zero attached hydrogens (tertiary/aromatic N) is 1.